The highest BCUT2D eigenvalue weighted by atomic mass is 32.1. The monoisotopic (exact) mass is 373 g/mol. The third kappa shape index (κ3) is 12.8. The van der Waals surface area contributed by atoms with Gasteiger partial charge in [-0.05, 0) is 51.4 Å². The molecule has 1 aromatic heterocycles. The molecule has 1 atom stereocenters. The minimum atomic E-state index is -0.402. The van der Waals surface area contributed by atoms with E-state index in [0.29, 0.717) is 0 Å². The predicted molar refractivity (Wildman–Crippen MR) is 115 cm³/mol. The average molecular weight is 374 g/mol. The minimum Gasteiger partial charge on any atom is -0.386 e. The molecule has 0 aliphatic rings. The van der Waals surface area contributed by atoms with Crippen LogP contribution in [0.1, 0.15) is 82.2 Å². The lowest BCUT2D eigenvalue weighted by molar-refractivity contribution is 0.164. The first-order chi connectivity index (χ1) is 12.8. The molecule has 2 nitrogen and oxygen atoms in total. The van der Waals surface area contributed by atoms with Gasteiger partial charge in [0.15, 0.2) is 0 Å². The number of allylic oxidation sites excluding steroid dienone is 8. The summed E-state index contributed by atoms with van der Waals surface area (Å²) in [4.78, 5) is 4.14. The van der Waals surface area contributed by atoms with Crippen LogP contribution in [0.5, 0.6) is 0 Å². The molecule has 1 aromatic rings. The highest BCUT2D eigenvalue weighted by Crippen LogP contribution is 2.20. The van der Waals surface area contributed by atoms with E-state index >= 15 is 0 Å². The Morgan fingerprint density at radius 3 is 2.00 bits per heavy atom. The number of aliphatic hydroxyl groups excluding tert-OH is 1. The summed E-state index contributed by atoms with van der Waals surface area (Å²) in [5.74, 6) is 0. The van der Waals surface area contributed by atoms with Crippen LogP contribution >= 0.6 is 11.3 Å². The molecule has 0 aliphatic carbocycles. The van der Waals surface area contributed by atoms with Gasteiger partial charge in [0.1, 0.15) is 11.1 Å². The molecule has 1 unspecified atom stereocenters. The van der Waals surface area contributed by atoms with E-state index in [4.69, 9.17) is 0 Å². The van der Waals surface area contributed by atoms with Crippen molar-refractivity contribution in [3.8, 4) is 0 Å². The zero-order valence-corrected chi connectivity index (χ0v) is 17.0. The Labute approximate surface area is 164 Å². The van der Waals surface area contributed by atoms with Crippen molar-refractivity contribution in [2.75, 3.05) is 0 Å². The van der Waals surface area contributed by atoms with Gasteiger partial charge in [0.25, 0.3) is 0 Å². The fourth-order valence-corrected chi connectivity index (χ4v) is 3.17. The molecule has 0 amide bonds. The first-order valence-electron chi connectivity index (χ1n) is 10.0. The summed E-state index contributed by atoms with van der Waals surface area (Å²) in [7, 11) is 0. The number of hydrogen-bond acceptors (Lipinski definition) is 3. The van der Waals surface area contributed by atoms with Gasteiger partial charge < -0.3 is 5.11 Å². The topological polar surface area (TPSA) is 33.1 Å². The van der Waals surface area contributed by atoms with Gasteiger partial charge in [-0.15, -0.1) is 11.3 Å². The lowest BCUT2D eigenvalue weighted by Gasteiger charge is -2.05. The number of aliphatic hydroxyl groups is 1. The fourth-order valence-electron chi connectivity index (χ4n) is 2.51. The summed E-state index contributed by atoms with van der Waals surface area (Å²) in [6.07, 6.45) is 30.2. The summed E-state index contributed by atoms with van der Waals surface area (Å²) in [6.45, 7) is 2.24. The molecule has 1 heterocycles. The molecule has 3 heteroatoms. The zero-order valence-electron chi connectivity index (χ0n) is 16.2. The quantitative estimate of drug-likeness (QED) is 0.258. The fraction of sp³-hybridized carbons (Fsp3) is 0.522. The second kappa shape index (κ2) is 17.0. The van der Waals surface area contributed by atoms with Crippen LogP contribution in [0.15, 0.2) is 60.2 Å². The molecule has 0 aliphatic heterocycles. The summed E-state index contributed by atoms with van der Waals surface area (Å²) in [5.41, 5.74) is 0. The molecule has 0 bridgehead atoms. The highest BCUT2D eigenvalue weighted by molar-refractivity contribution is 7.09. The van der Waals surface area contributed by atoms with Gasteiger partial charge >= 0.3 is 0 Å². The van der Waals surface area contributed by atoms with Crippen molar-refractivity contribution in [3.63, 3.8) is 0 Å². The molecule has 0 spiro atoms. The lowest BCUT2D eigenvalue weighted by atomic mass is 10.1. The van der Waals surface area contributed by atoms with Crippen molar-refractivity contribution in [2.24, 2.45) is 0 Å². The second-order valence-corrected chi connectivity index (χ2v) is 7.33. The molecular weight excluding hydrogens is 338 g/mol. The van der Waals surface area contributed by atoms with Crippen LogP contribution in [0.4, 0.5) is 0 Å². The normalized spacial score (nSPS) is 13.8. The molecule has 0 saturated carbocycles. The highest BCUT2D eigenvalue weighted by Gasteiger charge is 2.08. The van der Waals surface area contributed by atoms with Crippen LogP contribution in [-0.4, -0.2) is 10.1 Å². The van der Waals surface area contributed by atoms with E-state index in [0.717, 1.165) is 43.5 Å². The summed E-state index contributed by atoms with van der Waals surface area (Å²) < 4.78 is 0. The number of rotatable bonds is 15. The number of thiazole rings is 1. The Morgan fingerprint density at radius 1 is 0.885 bits per heavy atom. The van der Waals surface area contributed by atoms with Gasteiger partial charge in [-0.1, -0.05) is 68.4 Å². The van der Waals surface area contributed by atoms with Crippen molar-refractivity contribution in [3.05, 3.63) is 65.2 Å². The van der Waals surface area contributed by atoms with Crippen LogP contribution in [0.3, 0.4) is 0 Å². The number of unbranched alkanes of at least 4 members (excludes halogenated alkanes) is 4. The van der Waals surface area contributed by atoms with E-state index in [1.807, 2.05) is 5.38 Å². The lowest BCUT2D eigenvalue weighted by Crippen LogP contribution is -1.95. The predicted octanol–water partition coefficient (Wildman–Crippen LogP) is 7.32. The molecular formula is C23H35NOS. The van der Waals surface area contributed by atoms with E-state index < -0.39 is 6.10 Å². The Hall–Kier alpha value is -1.45. The number of aromatic nitrogens is 1. The zero-order chi connectivity index (χ0) is 18.7. The maximum atomic E-state index is 9.94. The summed E-state index contributed by atoms with van der Waals surface area (Å²) in [5, 5.41) is 12.7. The molecule has 0 saturated heterocycles. The van der Waals surface area contributed by atoms with Crippen molar-refractivity contribution in [1.82, 2.24) is 4.98 Å². The van der Waals surface area contributed by atoms with Crippen molar-refractivity contribution < 1.29 is 5.11 Å². The van der Waals surface area contributed by atoms with Gasteiger partial charge in [0.2, 0.25) is 0 Å². The Bertz CT molecular complexity index is 528. The van der Waals surface area contributed by atoms with Crippen LogP contribution in [0.2, 0.25) is 0 Å². The molecule has 0 radical (unpaired) electrons. The molecule has 1 N–H and O–H groups in total. The standard InChI is InChI=1S/C23H35NOS/c1-2-3-4-5-6-7-8-9-10-11-12-13-14-15-16-17-18-19-22(25)23-24-20-21-26-23/h6-7,9-10,12-13,15-16,20-22,25H,2-5,8,11,14,17-19H2,1H3. The SMILES string of the molecule is CCCCCC=CCC=CCC=CCC=CCCCC(O)c1nccs1. The second-order valence-electron chi connectivity index (χ2n) is 6.41. The molecule has 144 valence electrons. The average Bonchev–Trinajstić information content (AvgIpc) is 3.19. The van der Waals surface area contributed by atoms with Crippen LogP contribution < -0.4 is 0 Å². The number of nitrogens with zero attached hydrogens (tertiary/aromatic N) is 1. The third-order valence-electron chi connectivity index (χ3n) is 4.04. The van der Waals surface area contributed by atoms with Gasteiger partial charge in [-0.25, -0.2) is 4.98 Å². The van der Waals surface area contributed by atoms with Crippen molar-refractivity contribution in [1.29, 1.82) is 0 Å². The van der Waals surface area contributed by atoms with Gasteiger partial charge in [0, 0.05) is 11.6 Å². The van der Waals surface area contributed by atoms with Crippen LogP contribution in [0, 0.1) is 0 Å². The summed E-state index contributed by atoms with van der Waals surface area (Å²) >= 11 is 1.52. The molecule has 26 heavy (non-hydrogen) atoms. The summed E-state index contributed by atoms with van der Waals surface area (Å²) in [6, 6.07) is 0. The minimum absolute atomic E-state index is 0.402. The van der Waals surface area contributed by atoms with Gasteiger partial charge in [0.05, 0.1) is 0 Å². The van der Waals surface area contributed by atoms with E-state index in [9.17, 15) is 5.11 Å². The maximum Gasteiger partial charge on any atom is 0.121 e. The van der Waals surface area contributed by atoms with E-state index in [-0.39, 0.29) is 0 Å². The Balaban J connectivity index is 1.93. The number of hydrogen-bond donors (Lipinski definition) is 1. The van der Waals surface area contributed by atoms with E-state index in [2.05, 4.69) is 60.5 Å². The van der Waals surface area contributed by atoms with Gasteiger partial charge in [-0.3, -0.25) is 0 Å². The largest absolute Gasteiger partial charge is 0.386 e. The van der Waals surface area contributed by atoms with Crippen molar-refractivity contribution in [2.45, 2.75) is 77.2 Å². The van der Waals surface area contributed by atoms with E-state index in [1.165, 1.54) is 37.0 Å². The Kier molecular flexibility index (Phi) is 14.8. The van der Waals surface area contributed by atoms with Crippen LogP contribution in [-0.2, 0) is 0 Å². The molecule has 0 fully saturated rings. The molecule has 1 rings (SSSR count). The molecule has 0 aromatic carbocycles. The smallest absolute Gasteiger partial charge is 0.121 e. The Morgan fingerprint density at radius 2 is 1.46 bits per heavy atom. The maximum absolute atomic E-state index is 9.94. The third-order valence-corrected chi connectivity index (χ3v) is 4.92. The van der Waals surface area contributed by atoms with Crippen LogP contribution in [0.25, 0.3) is 0 Å². The van der Waals surface area contributed by atoms with Gasteiger partial charge in [-0.2, -0.15) is 0 Å². The van der Waals surface area contributed by atoms with Crippen molar-refractivity contribution >= 4 is 11.3 Å². The van der Waals surface area contributed by atoms with E-state index in [1.54, 1.807) is 6.20 Å². The first-order valence-corrected chi connectivity index (χ1v) is 10.9. The first kappa shape index (κ1) is 22.6.